The number of halogens is 1. The zero-order chi connectivity index (χ0) is 20.4. The van der Waals surface area contributed by atoms with Crippen LogP contribution in [0.1, 0.15) is 29.7 Å². The quantitative estimate of drug-likeness (QED) is 0.462. The Morgan fingerprint density at radius 2 is 2.10 bits per heavy atom. The summed E-state index contributed by atoms with van der Waals surface area (Å²) >= 11 is 9.07. The van der Waals surface area contributed by atoms with Crippen molar-refractivity contribution < 1.29 is 4.79 Å². The number of nitrogens with zero attached hydrogens (tertiary/aromatic N) is 3. The lowest BCUT2D eigenvalue weighted by atomic mass is 10.2. The molecule has 0 fully saturated rings. The molecule has 6 nitrogen and oxygen atoms in total. The van der Waals surface area contributed by atoms with Crippen molar-refractivity contribution in [2.75, 3.05) is 6.54 Å². The van der Waals surface area contributed by atoms with E-state index in [-0.39, 0.29) is 18.0 Å². The van der Waals surface area contributed by atoms with Crippen LogP contribution in [0.4, 0.5) is 0 Å². The molecule has 0 spiro atoms. The molecule has 1 aromatic carbocycles. The highest BCUT2D eigenvalue weighted by Crippen LogP contribution is 2.26. The topological polar surface area (TPSA) is 79.0 Å². The van der Waals surface area contributed by atoms with E-state index in [2.05, 4.69) is 15.0 Å². The summed E-state index contributed by atoms with van der Waals surface area (Å²) in [6.45, 7) is 2.71. The van der Waals surface area contributed by atoms with Crippen molar-refractivity contribution in [3.63, 3.8) is 0 Å². The van der Waals surface area contributed by atoms with Crippen LogP contribution in [0, 0.1) is 0 Å². The SMILES string of the molecule is CCCN(Cc1nc2cc(Cl)ccc2c(=O)[nH]1)C(=O)c1csc(-c2ccsc2)n1. The fourth-order valence-corrected chi connectivity index (χ4v) is 4.66. The number of amides is 1. The average molecular weight is 445 g/mol. The first-order valence-electron chi connectivity index (χ1n) is 9.01. The fraction of sp³-hybridized carbons (Fsp3) is 0.200. The molecule has 0 aliphatic heterocycles. The Morgan fingerprint density at radius 1 is 1.24 bits per heavy atom. The van der Waals surface area contributed by atoms with Gasteiger partial charge in [0.25, 0.3) is 11.5 Å². The summed E-state index contributed by atoms with van der Waals surface area (Å²) in [5.41, 5.74) is 1.67. The molecule has 3 aromatic heterocycles. The van der Waals surface area contributed by atoms with Gasteiger partial charge < -0.3 is 9.88 Å². The van der Waals surface area contributed by atoms with E-state index in [4.69, 9.17) is 11.6 Å². The van der Waals surface area contributed by atoms with Gasteiger partial charge in [0.05, 0.1) is 17.4 Å². The van der Waals surface area contributed by atoms with Gasteiger partial charge in [-0.25, -0.2) is 9.97 Å². The first-order chi connectivity index (χ1) is 14.0. The molecule has 0 saturated carbocycles. The number of aromatic amines is 1. The second-order valence-electron chi connectivity index (χ2n) is 6.45. The number of nitrogens with one attached hydrogen (secondary N) is 1. The lowest BCUT2D eigenvalue weighted by Gasteiger charge is -2.20. The molecule has 0 radical (unpaired) electrons. The summed E-state index contributed by atoms with van der Waals surface area (Å²) in [5, 5.41) is 7.55. The summed E-state index contributed by atoms with van der Waals surface area (Å²) in [4.78, 5) is 38.8. The zero-order valence-electron chi connectivity index (χ0n) is 15.5. The molecular weight excluding hydrogens is 428 g/mol. The van der Waals surface area contributed by atoms with Crippen LogP contribution in [-0.4, -0.2) is 32.3 Å². The Balaban J connectivity index is 1.62. The van der Waals surface area contributed by atoms with E-state index < -0.39 is 0 Å². The average Bonchev–Trinajstić information content (AvgIpc) is 3.38. The van der Waals surface area contributed by atoms with Crippen molar-refractivity contribution in [2.45, 2.75) is 19.9 Å². The maximum atomic E-state index is 13.1. The van der Waals surface area contributed by atoms with Gasteiger partial charge in [0.15, 0.2) is 0 Å². The van der Waals surface area contributed by atoms with Gasteiger partial charge in [-0.1, -0.05) is 18.5 Å². The minimum Gasteiger partial charge on any atom is -0.330 e. The monoisotopic (exact) mass is 444 g/mol. The number of fused-ring (bicyclic) bond motifs is 1. The number of H-pyrrole nitrogens is 1. The molecule has 3 heterocycles. The molecular formula is C20H17ClN4O2S2. The van der Waals surface area contributed by atoms with Crippen molar-refractivity contribution in [2.24, 2.45) is 0 Å². The van der Waals surface area contributed by atoms with E-state index in [9.17, 15) is 9.59 Å². The second-order valence-corrected chi connectivity index (χ2v) is 8.53. The predicted octanol–water partition coefficient (Wildman–Crippen LogP) is 4.81. The van der Waals surface area contributed by atoms with E-state index >= 15 is 0 Å². The normalized spacial score (nSPS) is 11.1. The van der Waals surface area contributed by atoms with Gasteiger partial charge in [-0.15, -0.1) is 11.3 Å². The number of thiophene rings is 1. The van der Waals surface area contributed by atoms with Crippen LogP contribution in [-0.2, 0) is 6.54 Å². The second kappa shape index (κ2) is 8.44. The van der Waals surface area contributed by atoms with Crippen LogP contribution >= 0.6 is 34.3 Å². The number of thiazole rings is 1. The van der Waals surface area contributed by atoms with Crippen LogP contribution in [0.25, 0.3) is 21.5 Å². The molecule has 4 rings (SSSR count). The summed E-state index contributed by atoms with van der Waals surface area (Å²) in [6, 6.07) is 6.93. The molecule has 1 amide bonds. The Morgan fingerprint density at radius 3 is 2.86 bits per heavy atom. The lowest BCUT2D eigenvalue weighted by molar-refractivity contribution is 0.0734. The number of carbonyl (C=O) groups is 1. The fourth-order valence-electron chi connectivity index (χ4n) is 2.99. The zero-order valence-corrected chi connectivity index (χ0v) is 17.9. The van der Waals surface area contributed by atoms with Crippen LogP contribution < -0.4 is 5.56 Å². The summed E-state index contributed by atoms with van der Waals surface area (Å²) in [5.74, 6) is 0.235. The van der Waals surface area contributed by atoms with Crippen LogP contribution in [0.3, 0.4) is 0 Å². The molecule has 0 bridgehead atoms. The molecule has 0 unspecified atom stereocenters. The van der Waals surface area contributed by atoms with Crippen LogP contribution in [0.5, 0.6) is 0 Å². The third kappa shape index (κ3) is 4.24. The molecule has 4 aromatic rings. The van der Waals surface area contributed by atoms with E-state index in [0.717, 1.165) is 17.0 Å². The number of benzene rings is 1. The van der Waals surface area contributed by atoms with Crippen molar-refractivity contribution in [3.05, 3.63) is 67.3 Å². The van der Waals surface area contributed by atoms with Gasteiger partial charge in [-0.2, -0.15) is 11.3 Å². The molecule has 0 atom stereocenters. The van der Waals surface area contributed by atoms with E-state index in [0.29, 0.717) is 34.0 Å². The smallest absolute Gasteiger partial charge is 0.273 e. The number of aromatic nitrogens is 3. The highest BCUT2D eigenvalue weighted by Gasteiger charge is 2.20. The largest absolute Gasteiger partial charge is 0.330 e. The Labute approximate surface area is 179 Å². The van der Waals surface area contributed by atoms with Gasteiger partial charge in [0.2, 0.25) is 0 Å². The molecule has 9 heteroatoms. The number of hydrogen-bond donors (Lipinski definition) is 1. The van der Waals surface area contributed by atoms with Gasteiger partial charge >= 0.3 is 0 Å². The third-order valence-electron chi connectivity index (χ3n) is 4.33. The molecule has 0 saturated heterocycles. The maximum Gasteiger partial charge on any atom is 0.273 e. The first-order valence-corrected chi connectivity index (χ1v) is 11.2. The minimum absolute atomic E-state index is 0.182. The molecule has 1 N–H and O–H groups in total. The highest BCUT2D eigenvalue weighted by molar-refractivity contribution is 7.14. The summed E-state index contributed by atoms with van der Waals surface area (Å²) in [7, 11) is 0. The first kappa shape index (κ1) is 19.8. The number of carbonyl (C=O) groups excluding carboxylic acids is 1. The molecule has 148 valence electrons. The number of hydrogen-bond acceptors (Lipinski definition) is 6. The molecule has 29 heavy (non-hydrogen) atoms. The summed E-state index contributed by atoms with van der Waals surface area (Å²) < 4.78 is 0. The molecule has 0 aliphatic rings. The van der Waals surface area contributed by atoms with Gasteiger partial charge in [-0.3, -0.25) is 9.59 Å². The highest BCUT2D eigenvalue weighted by atomic mass is 35.5. The van der Waals surface area contributed by atoms with Crippen LogP contribution in [0.2, 0.25) is 5.02 Å². The lowest BCUT2D eigenvalue weighted by Crippen LogP contribution is -2.33. The van der Waals surface area contributed by atoms with E-state index in [1.165, 1.54) is 11.3 Å². The Hall–Kier alpha value is -2.55. The van der Waals surface area contributed by atoms with Crippen molar-refractivity contribution in [1.82, 2.24) is 19.9 Å². The van der Waals surface area contributed by atoms with Gasteiger partial charge in [0.1, 0.15) is 16.5 Å². The van der Waals surface area contributed by atoms with Crippen molar-refractivity contribution in [1.29, 1.82) is 0 Å². The van der Waals surface area contributed by atoms with E-state index in [1.807, 2.05) is 23.8 Å². The summed E-state index contributed by atoms with van der Waals surface area (Å²) in [6.07, 6.45) is 0.775. The van der Waals surface area contributed by atoms with Crippen LogP contribution in [0.15, 0.2) is 45.2 Å². The van der Waals surface area contributed by atoms with Gasteiger partial charge in [0, 0.05) is 27.9 Å². The van der Waals surface area contributed by atoms with Gasteiger partial charge in [-0.05, 0) is 36.1 Å². The number of rotatable bonds is 6. The van der Waals surface area contributed by atoms with E-state index in [1.54, 1.807) is 39.8 Å². The Kier molecular flexibility index (Phi) is 5.75. The van der Waals surface area contributed by atoms with Crippen molar-refractivity contribution >= 4 is 51.1 Å². The third-order valence-corrected chi connectivity index (χ3v) is 6.14. The Bertz CT molecular complexity index is 1220. The minimum atomic E-state index is -0.251. The predicted molar refractivity (Wildman–Crippen MR) is 118 cm³/mol. The standard InChI is InChI=1S/C20H17ClN4O2S2/c1-2-6-25(20(27)16-11-29-19(23-16)12-5-7-28-10-12)9-17-22-15-8-13(21)3-4-14(15)18(26)24-17/h3-5,7-8,10-11H,2,6,9H2,1H3,(H,22,24,26). The maximum absolute atomic E-state index is 13.1. The molecule has 0 aliphatic carbocycles. The van der Waals surface area contributed by atoms with Crippen molar-refractivity contribution in [3.8, 4) is 10.6 Å².